The fraction of sp³-hybridized carbons (Fsp3) is 0.250. The molecule has 7 nitrogen and oxygen atoms in total. The number of nitrogens with zero attached hydrogens (tertiary/aromatic N) is 1. The third-order valence-corrected chi connectivity index (χ3v) is 5.09. The number of ether oxygens (including phenoxy) is 1. The average Bonchev–Trinajstić information content (AvgIpc) is 2.51. The minimum absolute atomic E-state index is 0.0500. The number of sulfonamides is 2. The topological polar surface area (TPSA) is 92.8 Å². The lowest BCUT2D eigenvalue weighted by molar-refractivity contribution is 0.482. The summed E-state index contributed by atoms with van der Waals surface area (Å²) in [6, 6.07) is 15.7. The van der Waals surface area contributed by atoms with Crippen LogP contribution in [0.4, 0.5) is 5.69 Å². The minimum Gasteiger partial charge on any atom is -0.455 e. The Morgan fingerprint density at radius 2 is 1.52 bits per heavy atom. The Morgan fingerprint density at radius 3 is 2.12 bits per heavy atom. The van der Waals surface area contributed by atoms with E-state index in [0.717, 1.165) is 16.8 Å². The van der Waals surface area contributed by atoms with Crippen molar-refractivity contribution >= 4 is 25.7 Å². The van der Waals surface area contributed by atoms with Crippen molar-refractivity contribution in [3.05, 3.63) is 54.6 Å². The van der Waals surface area contributed by atoms with Gasteiger partial charge in [-0.1, -0.05) is 30.3 Å². The molecule has 0 spiro atoms. The number of benzene rings is 2. The highest BCUT2D eigenvalue weighted by Crippen LogP contribution is 2.33. The van der Waals surface area contributed by atoms with Crippen LogP contribution in [-0.4, -0.2) is 42.4 Å². The van der Waals surface area contributed by atoms with E-state index < -0.39 is 20.0 Å². The number of hydrogen-bond acceptors (Lipinski definition) is 5. The summed E-state index contributed by atoms with van der Waals surface area (Å²) in [4.78, 5) is 0. The second-order valence-electron chi connectivity index (χ2n) is 5.38. The highest BCUT2D eigenvalue weighted by molar-refractivity contribution is 7.92. The van der Waals surface area contributed by atoms with Crippen LogP contribution in [0.1, 0.15) is 0 Å². The van der Waals surface area contributed by atoms with Gasteiger partial charge in [-0.05, 0) is 24.3 Å². The zero-order valence-electron chi connectivity index (χ0n) is 13.9. The van der Waals surface area contributed by atoms with Crippen LogP contribution in [0.15, 0.2) is 54.6 Å². The largest absolute Gasteiger partial charge is 0.455 e. The van der Waals surface area contributed by atoms with Crippen molar-refractivity contribution in [3.63, 3.8) is 0 Å². The van der Waals surface area contributed by atoms with Crippen LogP contribution in [0.2, 0.25) is 0 Å². The van der Waals surface area contributed by atoms with Crippen molar-refractivity contribution in [1.29, 1.82) is 0 Å². The first-order valence-electron chi connectivity index (χ1n) is 7.41. The zero-order valence-corrected chi connectivity index (χ0v) is 15.5. The second kappa shape index (κ2) is 7.85. The number of nitrogens with one attached hydrogen (secondary N) is 1. The lowest BCUT2D eigenvalue weighted by atomic mass is 10.3. The first-order valence-corrected chi connectivity index (χ1v) is 11.1. The maximum absolute atomic E-state index is 12.2. The Morgan fingerprint density at radius 1 is 0.920 bits per heavy atom. The molecule has 0 heterocycles. The van der Waals surface area contributed by atoms with Crippen LogP contribution in [0, 0.1) is 0 Å². The van der Waals surface area contributed by atoms with Gasteiger partial charge in [0, 0.05) is 13.1 Å². The summed E-state index contributed by atoms with van der Waals surface area (Å²) in [6.45, 7) is -0.105. The molecule has 136 valence electrons. The molecule has 0 fully saturated rings. The van der Waals surface area contributed by atoms with Gasteiger partial charge in [0.15, 0.2) is 5.75 Å². The summed E-state index contributed by atoms with van der Waals surface area (Å²) in [7, 11) is -7.04. The molecular formula is C16H20N2O5S2. The van der Waals surface area contributed by atoms with Crippen molar-refractivity contribution in [2.24, 2.45) is 0 Å². The van der Waals surface area contributed by atoms with Gasteiger partial charge in [0.2, 0.25) is 20.0 Å². The molecule has 2 aromatic rings. The van der Waals surface area contributed by atoms with Crippen molar-refractivity contribution < 1.29 is 21.6 Å². The van der Waals surface area contributed by atoms with Gasteiger partial charge in [-0.15, -0.1) is 0 Å². The van der Waals surface area contributed by atoms with Gasteiger partial charge in [0.1, 0.15) is 5.75 Å². The van der Waals surface area contributed by atoms with Crippen molar-refractivity contribution in [3.8, 4) is 11.5 Å². The Labute approximate surface area is 148 Å². The molecular weight excluding hydrogens is 364 g/mol. The van der Waals surface area contributed by atoms with E-state index in [-0.39, 0.29) is 13.1 Å². The van der Waals surface area contributed by atoms with Crippen LogP contribution in [-0.2, 0) is 20.0 Å². The highest BCUT2D eigenvalue weighted by atomic mass is 32.2. The van der Waals surface area contributed by atoms with E-state index in [2.05, 4.69) is 4.72 Å². The molecule has 1 N–H and O–H groups in total. The van der Waals surface area contributed by atoms with Gasteiger partial charge in [0.25, 0.3) is 0 Å². The Hall–Kier alpha value is -2.10. The first kappa shape index (κ1) is 19.2. The summed E-state index contributed by atoms with van der Waals surface area (Å²) in [5, 5.41) is 0. The highest BCUT2D eigenvalue weighted by Gasteiger charge is 2.21. The second-order valence-corrected chi connectivity index (χ2v) is 9.12. The summed E-state index contributed by atoms with van der Waals surface area (Å²) >= 11 is 0. The maximum atomic E-state index is 12.2. The maximum Gasteiger partial charge on any atom is 0.232 e. The Kier molecular flexibility index (Phi) is 6.04. The fourth-order valence-corrected chi connectivity index (χ4v) is 3.56. The van der Waals surface area contributed by atoms with E-state index in [4.69, 9.17) is 4.74 Å². The first-order chi connectivity index (χ1) is 11.7. The molecule has 2 aromatic carbocycles. The molecule has 0 aromatic heterocycles. The smallest absolute Gasteiger partial charge is 0.232 e. The van der Waals surface area contributed by atoms with E-state index in [9.17, 15) is 16.8 Å². The fourth-order valence-electron chi connectivity index (χ4n) is 2.16. The molecule has 0 saturated carbocycles. The predicted octanol–water partition coefficient (Wildman–Crippen LogP) is 1.79. The van der Waals surface area contributed by atoms with Crippen LogP contribution >= 0.6 is 0 Å². The van der Waals surface area contributed by atoms with Crippen molar-refractivity contribution in [1.82, 2.24) is 4.72 Å². The van der Waals surface area contributed by atoms with Crippen molar-refractivity contribution in [2.45, 2.75) is 0 Å². The summed E-state index contributed by atoms with van der Waals surface area (Å²) in [6.07, 6.45) is 2.08. The van der Waals surface area contributed by atoms with Crippen LogP contribution in [0.5, 0.6) is 11.5 Å². The quantitative estimate of drug-likeness (QED) is 0.749. The monoisotopic (exact) mass is 384 g/mol. The predicted molar refractivity (Wildman–Crippen MR) is 98.0 cm³/mol. The van der Waals surface area contributed by atoms with Crippen LogP contribution < -0.4 is 13.8 Å². The third-order valence-electron chi connectivity index (χ3n) is 3.18. The molecule has 0 aliphatic carbocycles. The zero-order chi connectivity index (χ0) is 18.5. The standard InChI is InChI=1S/C16H20N2O5S2/c1-24(19,20)17-12-13-18(25(2,21)22)15-10-6-7-11-16(15)23-14-8-4-3-5-9-14/h3-11,17H,12-13H2,1-2H3. The van der Waals surface area contributed by atoms with Gasteiger partial charge in [-0.3, -0.25) is 4.31 Å². The lowest BCUT2D eigenvalue weighted by Crippen LogP contribution is -2.38. The molecule has 0 radical (unpaired) electrons. The molecule has 0 amide bonds. The van der Waals surface area contributed by atoms with Crippen LogP contribution in [0.3, 0.4) is 0 Å². The van der Waals surface area contributed by atoms with E-state index in [1.807, 2.05) is 18.2 Å². The molecule has 0 atom stereocenters. The molecule has 0 aliphatic rings. The molecule has 2 rings (SSSR count). The van der Waals surface area contributed by atoms with E-state index >= 15 is 0 Å². The summed E-state index contributed by atoms with van der Waals surface area (Å²) < 4.78 is 56.0. The molecule has 25 heavy (non-hydrogen) atoms. The van der Waals surface area contributed by atoms with E-state index in [0.29, 0.717) is 17.2 Å². The Balaban J connectivity index is 2.31. The normalized spacial score (nSPS) is 11.9. The number of anilines is 1. The van der Waals surface area contributed by atoms with Gasteiger partial charge >= 0.3 is 0 Å². The molecule has 0 unspecified atom stereocenters. The molecule has 0 aliphatic heterocycles. The molecule has 0 bridgehead atoms. The summed E-state index contributed by atoms with van der Waals surface area (Å²) in [5.41, 5.74) is 0.337. The van der Waals surface area contributed by atoms with E-state index in [1.165, 1.54) is 0 Å². The van der Waals surface area contributed by atoms with Gasteiger partial charge < -0.3 is 4.74 Å². The van der Waals surface area contributed by atoms with Crippen LogP contribution in [0.25, 0.3) is 0 Å². The van der Waals surface area contributed by atoms with Gasteiger partial charge in [0.05, 0.1) is 18.2 Å². The van der Waals surface area contributed by atoms with Crippen molar-refractivity contribution in [2.75, 3.05) is 29.9 Å². The van der Waals surface area contributed by atoms with Gasteiger partial charge in [-0.25, -0.2) is 21.6 Å². The van der Waals surface area contributed by atoms with E-state index in [1.54, 1.807) is 36.4 Å². The molecule has 0 saturated heterocycles. The minimum atomic E-state index is -3.63. The average molecular weight is 384 g/mol. The Bertz CT molecular complexity index is 913. The van der Waals surface area contributed by atoms with Gasteiger partial charge in [-0.2, -0.15) is 0 Å². The SMILES string of the molecule is CS(=O)(=O)NCCN(c1ccccc1Oc1ccccc1)S(C)(=O)=O. The third kappa shape index (κ3) is 6.04. The summed E-state index contributed by atoms with van der Waals surface area (Å²) in [5.74, 6) is 0.927. The number of hydrogen-bond donors (Lipinski definition) is 1. The number of para-hydroxylation sites is 3. The lowest BCUT2D eigenvalue weighted by Gasteiger charge is -2.24. The molecule has 9 heteroatoms. The number of rotatable bonds is 8.